The zero-order chi connectivity index (χ0) is 14.3. The molecule has 0 radical (unpaired) electrons. The zero-order valence-electron chi connectivity index (χ0n) is 11.0. The van der Waals surface area contributed by atoms with Crippen LogP contribution in [0.25, 0.3) is 0 Å². The summed E-state index contributed by atoms with van der Waals surface area (Å²) in [6, 6.07) is 6.44. The molecule has 104 valence electrons. The molecular formula is C13H20N3O3+. The van der Waals surface area contributed by atoms with Crippen molar-refractivity contribution >= 4 is 17.6 Å². The molecule has 0 unspecified atom stereocenters. The molecule has 0 aliphatic heterocycles. The molecule has 0 bridgehead atoms. The van der Waals surface area contributed by atoms with Crippen LogP contribution in [0.2, 0.25) is 0 Å². The van der Waals surface area contributed by atoms with E-state index < -0.39 is 12.0 Å². The average Bonchev–Trinajstić information content (AvgIpc) is 2.37. The van der Waals surface area contributed by atoms with Gasteiger partial charge in [0.25, 0.3) is 0 Å². The van der Waals surface area contributed by atoms with Crippen molar-refractivity contribution in [1.29, 1.82) is 0 Å². The van der Waals surface area contributed by atoms with Gasteiger partial charge >= 0.3 is 0 Å². The maximum absolute atomic E-state index is 11.7. The Morgan fingerprint density at radius 2 is 2.00 bits per heavy atom. The minimum atomic E-state index is -1.23. The summed E-state index contributed by atoms with van der Waals surface area (Å²) in [5.74, 6) is -1.56. The van der Waals surface area contributed by atoms with E-state index in [0.29, 0.717) is 18.8 Å². The normalized spacial score (nSPS) is 11.9. The Hall–Kier alpha value is -1.92. The van der Waals surface area contributed by atoms with Gasteiger partial charge in [-0.05, 0) is 19.1 Å². The number of carboxylic acids is 1. The maximum atomic E-state index is 11.7. The highest BCUT2D eigenvalue weighted by Gasteiger charge is 2.18. The number of amides is 1. The maximum Gasteiger partial charge on any atom is 0.230 e. The van der Waals surface area contributed by atoms with E-state index >= 15 is 0 Å². The molecule has 0 aliphatic carbocycles. The lowest BCUT2D eigenvalue weighted by molar-refractivity contribution is -0.695. The fourth-order valence-corrected chi connectivity index (χ4v) is 1.63. The van der Waals surface area contributed by atoms with Crippen LogP contribution in [-0.4, -0.2) is 31.0 Å². The van der Waals surface area contributed by atoms with E-state index in [9.17, 15) is 14.7 Å². The molecule has 0 saturated carbocycles. The second kappa shape index (κ2) is 7.50. The number of hydrogen-bond donors (Lipinski definition) is 3. The highest BCUT2D eigenvalue weighted by molar-refractivity contribution is 5.93. The van der Waals surface area contributed by atoms with Crippen LogP contribution < -0.4 is 21.5 Å². The molecule has 0 aromatic heterocycles. The van der Waals surface area contributed by atoms with Crippen LogP contribution in [-0.2, 0) is 9.59 Å². The van der Waals surface area contributed by atoms with Crippen molar-refractivity contribution in [1.82, 2.24) is 0 Å². The van der Waals surface area contributed by atoms with Gasteiger partial charge in [0.1, 0.15) is 19.1 Å². The van der Waals surface area contributed by atoms with Crippen molar-refractivity contribution < 1.29 is 25.7 Å². The summed E-state index contributed by atoms with van der Waals surface area (Å²) < 4.78 is 0. The van der Waals surface area contributed by atoms with Gasteiger partial charge in [-0.2, -0.15) is 0 Å². The van der Waals surface area contributed by atoms with E-state index in [1.807, 2.05) is 19.1 Å². The third-order valence-corrected chi connectivity index (χ3v) is 2.70. The van der Waals surface area contributed by atoms with E-state index in [1.165, 1.54) is 0 Å². The quantitative estimate of drug-likeness (QED) is 0.497. The summed E-state index contributed by atoms with van der Waals surface area (Å²) in [7, 11) is 0. The predicted molar refractivity (Wildman–Crippen MR) is 67.8 cm³/mol. The van der Waals surface area contributed by atoms with Gasteiger partial charge in [0, 0.05) is 5.69 Å². The lowest BCUT2D eigenvalue weighted by atomic mass is 10.2. The first-order valence-electron chi connectivity index (χ1n) is 6.23. The lowest BCUT2D eigenvalue weighted by Gasteiger charge is -2.15. The van der Waals surface area contributed by atoms with Gasteiger partial charge in [-0.25, -0.2) is 0 Å². The van der Waals surface area contributed by atoms with Crippen LogP contribution >= 0.6 is 0 Å². The van der Waals surface area contributed by atoms with E-state index in [0.717, 1.165) is 5.56 Å². The fourth-order valence-electron chi connectivity index (χ4n) is 1.63. The van der Waals surface area contributed by atoms with Crippen molar-refractivity contribution in [3.8, 4) is 0 Å². The first-order chi connectivity index (χ1) is 9.02. The Labute approximate surface area is 112 Å². The summed E-state index contributed by atoms with van der Waals surface area (Å²) in [6.07, 6.45) is -0.115. The number of hydrogen-bond acceptors (Lipinski definition) is 3. The van der Waals surface area contributed by atoms with Crippen molar-refractivity contribution in [2.45, 2.75) is 19.4 Å². The molecule has 1 rings (SSSR count). The molecule has 0 aliphatic rings. The van der Waals surface area contributed by atoms with Crippen LogP contribution in [0.5, 0.6) is 0 Å². The van der Waals surface area contributed by atoms with Crippen molar-refractivity contribution in [3.05, 3.63) is 29.8 Å². The molecule has 0 saturated heterocycles. The summed E-state index contributed by atoms with van der Waals surface area (Å²) in [4.78, 5) is 22.6. The number of benzene rings is 1. The summed E-state index contributed by atoms with van der Waals surface area (Å²) in [5.41, 5.74) is 5.38. The number of aliphatic carboxylic acids is 1. The van der Waals surface area contributed by atoms with Gasteiger partial charge in [0.15, 0.2) is 0 Å². The minimum Gasteiger partial charge on any atom is -0.544 e. The predicted octanol–water partition coefficient (Wildman–Crippen LogP) is -2.75. The molecule has 0 fully saturated rings. The van der Waals surface area contributed by atoms with Crippen molar-refractivity contribution in [2.75, 3.05) is 18.4 Å². The molecule has 1 amide bonds. The third kappa shape index (κ3) is 5.50. The number of carboxylic acid groups (broad SMARTS) is 1. The summed E-state index contributed by atoms with van der Waals surface area (Å²) in [6.45, 7) is 3.10. The number of rotatable bonds is 7. The van der Waals surface area contributed by atoms with Crippen molar-refractivity contribution in [2.24, 2.45) is 0 Å². The standard InChI is InChI=1S/C13H19N3O3/c1-9-2-4-10(5-3-9)16-12(17)8-11(13(18)19)15-7-6-14/h2-5,11,15H,6-8,14H2,1H3,(H,16,17)(H,18,19)/p+1/t11-/m0/s1. The van der Waals surface area contributed by atoms with Gasteiger partial charge in [0.05, 0.1) is 12.4 Å². The first-order valence-corrected chi connectivity index (χ1v) is 6.23. The van der Waals surface area contributed by atoms with E-state index in [-0.39, 0.29) is 12.3 Å². The monoisotopic (exact) mass is 266 g/mol. The Balaban J connectivity index is 2.52. The molecule has 6 heteroatoms. The molecule has 1 atom stereocenters. The Morgan fingerprint density at radius 3 is 2.53 bits per heavy atom. The third-order valence-electron chi connectivity index (χ3n) is 2.70. The van der Waals surface area contributed by atoms with Gasteiger partial charge in [-0.3, -0.25) is 4.79 Å². The molecule has 1 aromatic carbocycles. The second-order valence-electron chi connectivity index (χ2n) is 4.42. The molecule has 0 heterocycles. The number of anilines is 1. The lowest BCUT2D eigenvalue weighted by Crippen LogP contribution is -2.95. The van der Waals surface area contributed by atoms with Gasteiger partial charge < -0.3 is 26.3 Å². The fraction of sp³-hybridized carbons (Fsp3) is 0.385. The molecule has 6 N–H and O–H groups in total. The minimum absolute atomic E-state index is 0.115. The van der Waals surface area contributed by atoms with E-state index in [4.69, 9.17) is 0 Å². The highest BCUT2D eigenvalue weighted by Crippen LogP contribution is 2.08. The van der Waals surface area contributed by atoms with Crippen LogP contribution in [0.1, 0.15) is 12.0 Å². The van der Waals surface area contributed by atoms with Crippen molar-refractivity contribution in [3.63, 3.8) is 0 Å². The SMILES string of the molecule is Cc1ccc(NC(=O)C[C@H]([NH2+]CC[NH3+])C(=O)[O-])cc1. The Morgan fingerprint density at radius 1 is 1.37 bits per heavy atom. The number of nitrogens with one attached hydrogen (secondary N) is 1. The number of aryl methyl sites for hydroxylation is 1. The summed E-state index contributed by atoms with van der Waals surface area (Å²) in [5, 5.41) is 15.1. The smallest absolute Gasteiger partial charge is 0.230 e. The zero-order valence-corrected chi connectivity index (χ0v) is 11.0. The van der Waals surface area contributed by atoms with E-state index in [1.54, 1.807) is 17.4 Å². The number of carbonyl (C=O) groups excluding carboxylic acids is 2. The van der Waals surface area contributed by atoms with Gasteiger partial charge in [-0.1, -0.05) is 17.7 Å². The van der Waals surface area contributed by atoms with Crippen LogP contribution in [0.4, 0.5) is 5.69 Å². The van der Waals surface area contributed by atoms with Crippen LogP contribution in [0.15, 0.2) is 24.3 Å². The number of quaternary nitrogens is 2. The van der Waals surface area contributed by atoms with E-state index in [2.05, 4.69) is 11.1 Å². The van der Waals surface area contributed by atoms with Gasteiger partial charge in [-0.15, -0.1) is 0 Å². The highest BCUT2D eigenvalue weighted by atomic mass is 16.4. The van der Waals surface area contributed by atoms with Crippen LogP contribution in [0, 0.1) is 6.92 Å². The molecule has 1 aromatic rings. The molecule has 0 spiro atoms. The summed E-state index contributed by atoms with van der Waals surface area (Å²) >= 11 is 0. The van der Waals surface area contributed by atoms with Gasteiger partial charge in [0.2, 0.25) is 5.91 Å². The Kier molecular flexibility index (Phi) is 5.98. The first kappa shape index (κ1) is 15.1. The topological polar surface area (TPSA) is 113 Å². The molecule has 6 nitrogen and oxygen atoms in total. The number of carbonyl (C=O) groups is 2. The Bertz CT molecular complexity index is 431. The largest absolute Gasteiger partial charge is 0.544 e. The second-order valence-corrected chi connectivity index (χ2v) is 4.42. The van der Waals surface area contributed by atoms with Crippen LogP contribution in [0.3, 0.4) is 0 Å². The number of nitrogens with two attached hydrogens (primary N) is 1. The molecule has 19 heavy (non-hydrogen) atoms. The average molecular weight is 266 g/mol. The molecular weight excluding hydrogens is 246 g/mol.